The van der Waals surface area contributed by atoms with Gasteiger partial charge in [0.25, 0.3) is 0 Å². The second-order valence-electron chi connectivity index (χ2n) is 12.2. The highest BCUT2D eigenvalue weighted by atomic mass is 28.4. The van der Waals surface area contributed by atoms with Crippen molar-refractivity contribution in [2.75, 3.05) is 0 Å². The molecule has 0 saturated carbocycles. The molecule has 0 spiro atoms. The van der Waals surface area contributed by atoms with Crippen LogP contribution in [0, 0.1) is 0 Å². The first kappa shape index (κ1) is 29.5. The normalized spacial score (nSPS) is 13.1. The van der Waals surface area contributed by atoms with Gasteiger partial charge in [0.1, 0.15) is 5.60 Å². The molecule has 38 heavy (non-hydrogen) atoms. The molecule has 0 aliphatic rings. The molecule has 5 nitrogen and oxygen atoms in total. The summed E-state index contributed by atoms with van der Waals surface area (Å²) in [6.45, 7) is 17.3. The van der Waals surface area contributed by atoms with Gasteiger partial charge in [0, 0.05) is 23.7 Å². The molecule has 0 aliphatic heterocycles. The molecule has 0 unspecified atom stereocenters. The number of rotatable bonds is 9. The van der Waals surface area contributed by atoms with E-state index in [-0.39, 0.29) is 11.0 Å². The molecule has 0 amide bonds. The second kappa shape index (κ2) is 12.2. The maximum absolute atomic E-state index is 13.4. The molecule has 0 bridgehead atoms. The van der Waals surface area contributed by atoms with Crippen LogP contribution in [0.25, 0.3) is 0 Å². The lowest BCUT2D eigenvalue weighted by Crippen LogP contribution is -2.40. The van der Waals surface area contributed by atoms with Crippen LogP contribution < -0.4 is 0 Å². The topological polar surface area (TPSA) is 60.8 Å². The van der Waals surface area contributed by atoms with Gasteiger partial charge >= 0.3 is 5.97 Å². The lowest BCUT2D eigenvalue weighted by Gasteiger charge is -2.36. The van der Waals surface area contributed by atoms with Gasteiger partial charge in [0.15, 0.2) is 14.4 Å². The monoisotopic (exact) mass is 530 g/mol. The fourth-order valence-electron chi connectivity index (χ4n) is 3.57. The summed E-state index contributed by atoms with van der Waals surface area (Å²) in [5.41, 5.74) is 3.83. The molecule has 0 N–H and O–H groups in total. The first-order valence-corrected chi connectivity index (χ1v) is 16.2. The van der Waals surface area contributed by atoms with Crippen LogP contribution in [0.4, 0.5) is 0 Å². The number of aliphatic imine (C=N–C) groups is 1. The molecule has 202 valence electrons. The van der Waals surface area contributed by atoms with Crippen LogP contribution in [-0.4, -0.2) is 36.6 Å². The van der Waals surface area contributed by atoms with Gasteiger partial charge in [-0.25, -0.2) is 4.79 Å². The summed E-state index contributed by atoms with van der Waals surface area (Å²) in [7, 11) is -1.87. The molecule has 0 radical (unpaired) electrons. The summed E-state index contributed by atoms with van der Waals surface area (Å²) in [6.07, 6.45) is 2.20. The van der Waals surface area contributed by atoms with Gasteiger partial charge in [-0.05, 0) is 50.5 Å². The molecule has 2 aromatic carbocycles. The zero-order valence-corrected chi connectivity index (χ0v) is 25.1. The summed E-state index contributed by atoms with van der Waals surface area (Å²) in [5.74, 6) is -0.354. The Morgan fingerprint density at radius 1 is 0.868 bits per heavy atom. The van der Waals surface area contributed by atoms with Crippen LogP contribution in [0.1, 0.15) is 63.9 Å². The number of benzene rings is 2. The van der Waals surface area contributed by atoms with E-state index in [1.807, 2.05) is 99.8 Å². The molecule has 0 aliphatic carbocycles. The standard InChI is InChI=1S/C32H42N2O3Si/c1-31(2,3)37-30(35)28(34-29(25-15-11-9-12-16-25)26-17-13-10-14-18-26)21-24-19-20-27(33-22-24)23-36-38(7,8)32(4,5)6/h9-20,22,28H,21,23H2,1-8H3/t28-/m0/s1. The summed E-state index contributed by atoms with van der Waals surface area (Å²) in [6, 6.07) is 23.2. The molecular weight excluding hydrogens is 488 g/mol. The minimum absolute atomic E-state index is 0.140. The first-order chi connectivity index (χ1) is 17.7. The van der Waals surface area contributed by atoms with Crippen molar-refractivity contribution in [3.63, 3.8) is 0 Å². The van der Waals surface area contributed by atoms with E-state index in [9.17, 15) is 4.79 Å². The Labute approximate surface area is 229 Å². The van der Waals surface area contributed by atoms with Crippen molar-refractivity contribution >= 4 is 20.0 Å². The molecule has 1 heterocycles. The predicted molar refractivity (Wildman–Crippen MR) is 158 cm³/mol. The van der Waals surface area contributed by atoms with E-state index in [0.29, 0.717) is 13.0 Å². The van der Waals surface area contributed by atoms with Crippen LogP contribution in [0.3, 0.4) is 0 Å². The maximum atomic E-state index is 13.4. The largest absolute Gasteiger partial charge is 0.458 e. The maximum Gasteiger partial charge on any atom is 0.331 e. The SMILES string of the molecule is CC(C)(C)OC(=O)[C@H](Cc1ccc(CO[Si](C)(C)C(C)(C)C)nc1)N=C(c1ccccc1)c1ccccc1. The van der Waals surface area contributed by atoms with Crippen LogP contribution >= 0.6 is 0 Å². The number of esters is 1. The minimum atomic E-state index is -1.87. The number of hydrogen-bond acceptors (Lipinski definition) is 5. The van der Waals surface area contributed by atoms with Gasteiger partial charge in [-0.1, -0.05) is 87.5 Å². The van der Waals surface area contributed by atoms with Crippen LogP contribution in [-0.2, 0) is 27.0 Å². The Morgan fingerprint density at radius 2 is 1.42 bits per heavy atom. The predicted octanol–water partition coefficient (Wildman–Crippen LogP) is 7.39. The van der Waals surface area contributed by atoms with Crippen LogP contribution in [0.5, 0.6) is 0 Å². The van der Waals surface area contributed by atoms with E-state index >= 15 is 0 Å². The Balaban J connectivity index is 1.90. The van der Waals surface area contributed by atoms with E-state index in [2.05, 4.69) is 38.8 Å². The van der Waals surface area contributed by atoms with Crippen LogP contribution in [0.2, 0.25) is 18.1 Å². The van der Waals surface area contributed by atoms with E-state index < -0.39 is 20.0 Å². The zero-order valence-electron chi connectivity index (χ0n) is 24.1. The van der Waals surface area contributed by atoms with Crippen molar-refractivity contribution in [1.29, 1.82) is 0 Å². The summed E-state index contributed by atoms with van der Waals surface area (Å²) >= 11 is 0. The summed E-state index contributed by atoms with van der Waals surface area (Å²) in [4.78, 5) is 23.0. The molecular formula is C32H42N2O3Si. The van der Waals surface area contributed by atoms with E-state index in [1.54, 1.807) is 0 Å². The molecule has 1 aromatic heterocycles. The van der Waals surface area contributed by atoms with Gasteiger partial charge < -0.3 is 9.16 Å². The number of hydrogen-bond donors (Lipinski definition) is 0. The number of aromatic nitrogens is 1. The average Bonchev–Trinajstić information content (AvgIpc) is 2.85. The highest BCUT2D eigenvalue weighted by Gasteiger charge is 2.37. The van der Waals surface area contributed by atoms with E-state index in [0.717, 1.165) is 28.1 Å². The number of carbonyl (C=O) groups is 1. The van der Waals surface area contributed by atoms with E-state index in [1.165, 1.54) is 0 Å². The third-order valence-corrected chi connectivity index (χ3v) is 11.2. The number of ether oxygens (including phenoxy) is 1. The van der Waals surface area contributed by atoms with Crippen molar-refractivity contribution in [3.05, 3.63) is 101 Å². The first-order valence-electron chi connectivity index (χ1n) is 13.2. The minimum Gasteiger partial charge on any atom is -0.458 e. The summed E-state index contributed by atoms with van der Waals surface area (Å²) in [5, 5.41) is 0.140. The smallest absolute Gasteiger partial charge is 0.331 e. The lowest BCUT2D eigenvalue weighted by molar-refractivity contribution is -0.156. The third-order valence-electron chi connectivity index (χ3n) is 6.76. The summed E-state index contributed by atoms with van der Waals surface area (Å²) < 4.78 is 12.1. The van der Waals surface area contributed by atoms with Gasteiger partial charge in [-0.3, -0.25) is 9.98 Å². The van der Waals surface area contributed by atoms with Crippen molar-refractivity contribution in [1.82, 2.24) is 4.98 Å². The highest BCUT2D eigenvalue weighted by molar-refractivity contribution is 6.74. The van der Waals surface area contributed by atoms with Gasteiger partial charge in [-0.2, -0.15) is 0 Å². The Bertz CT molecular complexity index is 1170. The number of pyridine rings is 1. The third kappa shape index (κ3) is 8.47. The molecule has 3 aromatic rings. The fourth-order valence-corrected chi connectivity index (χ4v) is 4.51. The zero-order chi connectivity index (χ0) is 28.0. The second-order valence-corrected chi connectivity index (χ2v) is 17.0. The van der Waals surface area contributed by atoms with Crippen molar-refractivity contribution in [3.8, 4) is 0 Å². The molecule has 0 saturated heterocycles. The number of nitrogens with zero attached hydrogens (tertiary/aromatic N) is 2. The van der Waals surface area contributed by atoms with Crippen molar-refractivity contribution < 1.29 is 14.0 Å². The fraction of sp³-hybridized carbons (Fsp3) is 0.406. The molecule has 0 fully saturated rings. The van der Waals surface area contributed by atoms with E-state index in [4.69, 9.17) is 14.2 Å². The number of carbonyl (C=O) groups excluding carboxylic acids is 1. The van der Waals surface area contributed by atoms with Crippen molar-refractivity contribution in [2.24, 2.45) is 4.99 Å². The quantitative estimate of drug-likeness (QED) is 0.164. The Hall–Kier alpha value is -3.09. The average molecular weight is 531 g/mol. The van der Waals surface area contributed by atoms with Crippen molar-refractivity contribution in [2.45, 2.75) is 84.3 Å². The molecule has 6 heteroatoms. The van der Waals surface area contributed by atoms with Gasteiger partial charge in [0.2, 0.25) is 0 Å². The van der Waals surface area contributed by atoms with Gasteiger partial charge in [-0.15, -0.1) is 0 Å². The lowest BCUT2D eigenvalue weighted by atomic mass is 10.0. The molecule has 3 rings (SSSR count). The van der Waals surface area contributed by atoms with Gasteiger partial charge in [0.05, 0.1) is 18.0 Å². The Kier molecular flexibility index (Phi) is 9.44. The van der Waals surface area contributed by atoms with Crippen LogP contribution in [0.15, 0.2) is 84.0 Å². The Morgan fingerprint density at radius 3 is 1.87 bits per heavy atom. The highest BCUT2D eigenvalue weighted by Crippen LogP contribution is 2.37. The molecule has 1 atom stereocenters.